The Morgan fingerprint density at radius 2 is 1.75 bits per heavy atom. The van der Waals surface area contributed by atoms with Crippen LogP contribution >= 0.6 is 0 Å². The van der Waals surface area contributed by atoms with Crippen molar-refractivity contribution in [3.63, 3.8) is 0 Å². The van der Waals surface area contributed by atoms with Gasteiger partial charge in [0.2, 0.25) is 5.91 Å². The summed E-state index contributed by atoms with van der Waals surface area (Å²) in [6.45, 7) is 8.91. The van der Waals surface area contributed by atoms with E-state index in [1.54, 1.807) is 0 Å². The van der Waals surface area contributed by atoms with Gasteiger partial charge in [-0.05, 0) is 63.2 Å². The molecule has 2 fully saturated rings. The summed E-state index contributed by atoms with van der Waals surface area (Å²) in [7, 11) is 2.22. The van der Waals surface area contributed by atoms with Crippen LogP contribution in [0.15, 0.2) is 54.6 Å². The van der Waals surface area contributed by atoms with Gasteiger partial charge < -0.3 is 15.0 Å². The molecule has 0 radical (unpaired) electrons. The summed E-state index contributed by atoms with van der Waals surface area (Å²) in [6, 6.07) is 18.3. The van der Waals surface area contributed by atoms with Crippen LogP contribution in [-0.2, 0) is 11.4 Å². The Bertz CT molecular complexity index is 850. The van der Waals surface area contributed by atoms with Crippen LogP contribution < -0.4 is 10.1 Å². The molecule has 6 nitrogen and oxygen atoms in total. The molecule has 172 valence electrons. The summed E-state index contributed by atoms with van der Waals surface area (Å²) in [5, 5.41) is 3.06. The first kappa shape index (κ1) is 22.8. The number of amides is 1. The zero-order chi connectivity index (χ0) is 22.3. The van der Waals surface area contributed by atoms with Crippen molar-refractivity contribution >= 4 is 11.6 Å². The van der Waals surface area contributed by atoms with Crippen LogP contribution in [0.4, 0.5) is 5.69 Å². The molecular weight excluding hydrogens is 400 g/mol. The molecule has 2 unspecified atom stereocenters. The number of ether oxygens (including phenoxy) is 1. The van der Waals surface area contributed by atoms with Crippen LogP contribution in [0.1, 0.15) is 25.3 Å². The smallest absolute Gasteiger partial charge is 0.241 e. The van der Waals surface area contributed by atoms with E-state index in [1.165, 1.54) is 25.9 Å². The SMILES string of the molecule is CC(C(=O)Nc1ccc(OCc2ccccc2)cc1)N1CCN(C2CCCN(C)C2)CC1. The van der Waals surface area contributed by atoms with Crippen molar-refractivity contribution in [3.05, 3.63) is 60.2 Å². The van der Waals surface area contributed by atoms with Crippen molar-refractivity contribution < 1.29 is 9.53 Å². The van der Waals surface area contributed by atoms with Crippen LogP contribution in [0.3, 0.4) is 0 Å². The number of likely N-dealkylation sites (N-methyl/N-ethyl adjacent to an activating group) is 1. The summed E-state index contributed by atoms with van der Waals surface area (Å²) in [6.07, 6.45) is 2.59. The molecule has 2 aliphatic heterocycles. The van der Waals surface area contributed by atoms with Gasteiger partial charge in [0, 0.05) is 44.5 Å². The number of hydrogen-bond acceptors (Lipinski definition) is 5. The van der Waals surface area contributed by atoms with Crippen molar-refractivity contribution in [2.24, 2.45) is 0 Å². The summed E-state index contributed by atoms with van der Waals surface area (Å²) < 4.78 is 5.83. The first-order valence-corrected chi connectivity index (χ1v) is 11.8. The van der Waals surface area contributed by atoms with Gasteiger partial charge in [0.05, 0.1) is 6.04 Å². The van der Waals surface area contributed by atoms with Gasteiger partial charge >= 0.3 is 0 Å². The van der Waals surface area contributed by atoms with Crippen molar-refractivity contribution in [2.75, 3.05) is 51.6 Å². The van der Waals surface area contributed by atoms with Crippen LogP contribution in [0.25, 0.3) is 0 Å². The second kappa shape index (κ2) is 10.9. The highest BCUT2D eigenvalue weighted by atomic mass is 16.5. The van der Waals surface area contributed by atoms with E-state index in [0.29, 0.717) is 12.6 Å². The van der Waals surface area contributed by atoms with Gasteiger partial charge in [-0.25, -0.2) is 0 Å². The first-order chi connectivity index (χ1) is 15.6. The molecule has 6 heteroatoms. The molecule has 2 atom stereocenters. The van der Waals surface area contributed by atoms with E-state index >= 15 is 0 Å². The molecule has 2 saturated heterocycles. The Balaban J connectivity index is 1.22. The lowest BCUT2D eigenvalue weighted by atomic mass is 10.0. The van der Waals surface area contributed by atoms with Crippen molar-refractivity contribution in [1.82, 2.24) is 14.7 Å². The largest absolute Gasteiger partial charge is 0.489 e. The average molecular weight is 437 g/mol. The fourth-order valence-electron chi connectivity index (χ4n) is 4.71. The second-order valence-electron chi connectivity index (χ2n) is 9.09. The van der Waals surface area contributed by atoms with E-state index in [1.807, 2.05) is 61.5 Å². The third kappa shape index (κ3) is 6.09. The zero-order valence-electron chi connectivity index (χ0n) is 19.4. The summed E-state index contributed by atoms with van der Waals surface area (Å²) in [4.78, 5) is 20.2. The van der Waals surface area contributed by atoms with E-state index in [2.05, 4.69) is 27.1 Å². The molecular formula is C26H36N4O2. The van der Waals surface area contributed by atoms with Gasteiger partial charge in [-0.15, -0.1) is 0 Å². The summed E-state index contributed by atoms with van der Waals surface area (Å²) in [5.74, 6) is 0.846. The van der Waals surface area contributed by atoms with Crippen molar-refractivity contribution in [3.8, 4) is 5.75 Å². The van der Waals surface area contributed by atoms with Crippen LogP contribution in [0, 0.1) is 0 Å². The molecule has 0 aliphatic carbocycles. The number of hydrogen-bond donors (Lipinski definition) is 1. The third-order valence-electron chi connectivity index (χ3n) is 6.76. The number of benzene rings is 2. The number of nitrogens with one attached hydrogen (secondary N) is 1. The molecule has 4 rings (SSSR count). The average Bonchev–Trinajstić information content (AvgIpc) is 2.84. The molecule has 2 aliphatic rings. The highest BCUT2D eigenvalue weighted by Gasteiger charge is 2.30. The van der Waals surface area contributed by atoms with Gasteiger partial charge in [-0.3, -0.25) is 14.6 Å². The number of piperidine rings is 1. The number of anilines is 1. The van der Waals surface area contributed by atoms with E-state index in [4.69, 9.17) is 4.74 Å². The molecule has 1 N–H and O–H groups in total. The van der Waals surface area contributed by atoms with Gasteiger partial charge in [-0.2, -0.15) is 0 Å². The quantitative estimate of drug-likeness (QED) is 0.722. The standard InChI is InChI=1S/C26H36N4O2/c1-21(29-15-17-30(18-16-29)24-9-6-14-28(2)19-24)26(31)27-23-10-12-25(13-11-23)32-20-22-7-4-3-5-8-22/h3-5,7-8,10-13,21,24H,6,9,14-20H2,1-2H3,(H,27,31). The molecule has 1 amide bonds. The Hall–Kier alpha value is -2.41. The molecule has 0 bridgehead atoms. The predicted molar refractivity (Wildman–Crippen MR) is 129 cm³/mol. The minimum Gasteiger partial charge on any atom is -0.489 e. The van der Waals surface area contributed by atoms with Crippen LogP contribution in [-0.4, -0.2) is 79.0 Å². The van der Waals surface area contributed by atoms with E-state index in [-0.39, 0.29) is 11.9 Å². The van der Waals surface area contributed by atoms with Crippen molar-refractivity contribution in [2.45, 2.75) is 38.5 Å². The number of likely N-dealkylation sites (tertiary alicyclic amines) is 1. The van der Waals surface area contributed by atoms with Gasteiger partial charge in [-0.1, -0.05) is 30.3 Å². The van der Waals surface area contributed by atoms with E-state index < -0.39 is 0 Å². The van der Waals surface area contributed by atoms with Gasteiger partial charge in [0.15, 0.2) is 0 Å². The lowest BCUT2D eigenvalue weighted by molar-refractivity contribution is -0.121. The number of carbonyl (C=O) groups excluding carboxylic acids is 1. The molecule has 0 aromatic heterocycles. The van der Waals surface area contributed by atoms with Gasteiger partial charge in [0.25, 0.3) is 0 Å². The zero-order valence-corrected chi connectivity index (χ0v) is 19.4. The van der Waals surface area contributed by atoms with Crippen molar-refractivity contribution in [1.29, 1.82) is 0 Å². The first-order valence-electron chi connectivity index (χ1n) is 11.8. The Kier molecular flexibility index (Phi) is 7.79. The maximum absolute atomic E-state index is 12.8. The molecule has 0 spiro atoms. The maximum Gasteiger partial charge on any atom is 0.241 e. The van der Waals surface area contributed by atoms with Gasteiger partial charge in [0.1, 0.15) is 12.4 Å². The molecule has 2 heterocycles. The predicted octanol–water partition coefficient (Wildman–Crippen LogP) is 3.30. The monoisotopic (exact) mass is 436 g/mol. The fourth-order valence-corrected chi connectivity index (χ4v) is 4.71. The van der Waals surface area contributed by atoms with E-state index in [0.717, 1.165) is 43.2 Å². The highest BCUT2D eigenvalue weighted by Crippen LogP contribution is 2.20. The maximum atomic E-state index is 12.8. The van der Waals surface area contributed by atoms with E-state index in [9.17, 15) is 4.79 Å². The Morgan fingerprint density at radius 3 is 2.44 bits per heavy atom. The van der Waals surface area contributed by atoms with Crippen LogP contribution in [0.5, 0.6) is 5.75 Å². The Labute approximate surface area is 192 Å². The molecule has 0 saturated carbocycles. The minimum atomic E-state index is -0.139. The topological polar surface area (TPSA) is 48.1 Å². The third-order valence-corrected chi connectivity index (χ3v) is 6.76. The summed E-state index contributed by atoms with van der Waals surface area (Å²) >= 11 is 0. The number of nitrogens with zero attached hydrogens (tertiary/aromatic N) is 3. The normalized spacial score (nSPS) is 21.8. The fraction of sp³-hybridized carbons (Fsp3) is 0.500. The molecule has 2 aromatic rings. The highest BCUT2D eigenvalue weighted by molar-refractivity contribution is 5.94. The number of piperazine rings is 1. The lowest BCUT2D eigenvalue weighted by Crippen LogP contribution is -2.57. The minimum absolute atomic E-state index is 0.0498. The second-order valence-corrected chi connectivity index (χ2v) is 9.09. The van der Waals surface area contributed by atoms with Crippen LogP contribution in [0.2, 0.25) is 0 Å². The molecule has 32 heavy (non-hydrogen) atoms. The number of rotatable bonds is 7. The summed E-state index contributed by atoms with van der Waals surface area (Å²) in [5.41, 5.74) is 1.94. The Morgan fingerprint density at radius 1 is 1.03 bits per heavy atom. The molecule has 2 aromatic carbocycles. The number of carbonyl (C=O) groups is 1. The lowest BCUT2D eigenvalue weighted by Gasteiger charge is -2.43.